The molecule has 0 bridgehead atoms. The van der Waals surface area contributed by atoms with Crippen LogP contribution in [0.2, 0.25) is 0 Å². The molecule has 1 heterocycles. The second kappa shape index (κ2) is 8.41. The van der Waals surface area contributed by atoms with Crippen molar-refractivity contribution in [1.82, 2.24) is 0 Å². The van der Waals surface area contributed by atoms with Gasteiger partial charge >= 0.3 is 5.97 Å². The SMILES string of the molecule is COc1cccc(C(=O)Oc2ccc3c(c2)OC(=Cc2cccc([NH+]([O-])O)c2)C3=O)c1. The van der Waals surface area contributed by atoms with Gasteiger partial charge in [-0.1, -0.05) is 18.2 Å². The average Bonchev–Trinajstić information content (AvgIpc) is 3.08. The van der Waals surface area contributed by atoms with Crippen molar-refractivity contribution in [1.29, 1.82) is 0 Å². The number of nitrogens with one attached hydrogen (secondary N) is 1. The summed E-state index contributed by atoms with van der Waals surface area (Å²) >= 11 is 0. The van der Waals surface area contributed by atoms with Crippen molar-refractivity contribution in [2.45, 2.75) is 0 Å². The fourth-order valence-electron chi connectivity index (χ4n) is 3.06. The lowest BCUT2D eigenvalue weighted by atomic mass is 10.1. The minimum atomic E-state index is -1.07. The minimum absolute atomic E-state index is 0.0498. The standard InChI is InChI=1S/C23H17NO7/c1-29-17-7-3-5-15(12-17)23(26)30-18-8-9-19-20(13-18)31-21(22(19)25)11-14-4-2-6-16(10-14)24(27)28/h2-13,24,27H,1H3. The smallest absolute Gasteiger partial charge is 0.343 e. The Labute approximate surface area is 177 Å². The topological polar surface area (TPSA) is 110 Å². The number of methoxy groups -OCH3 is 1. The number of carbonyl (C=O) groups is 2. The molecular formula is C23H17NO7. The van der Waals surface area contributed by atoms with Crippen LogP contribution in [0.15, 0.2) is 72.5 Å². The molecule has 0 saturated carbocycles. The quantitative estimate of drug-likeness (QED) is 0.283. The summed E-state index contributed by atoms with van der Waals surface area (Å²) in [5.41, 5.74) is 1.25. The highest BCUT2D eigenvalue weighted by Crippen LogP contribution is 2.35. The Morgan fingerprint density at radius 3 is 2.65 bits per heavy atom. The molecule has 156 valence electrons. The molecule has 0 fully saturated rings. The average molecular weight is 419 g/mol. The number of ketones is 1. The summed E-state index contributed by atoms with van der Waals surface area (Å²) in [7, 11) is 1.50. The Morgan fingerprint density at radius 1 is 1.06 bits per heavy atom. The molecule has 8 heteroatoms. The highest BCUT2D eigenvalue weighted by Gasteiger charge is 2.28. The van der Waals surface area contributed by atoms with Crippen molar-refractivity contribution in [3.63, 3.8) is 0 Å². The van der Waals surface area contributed by atoms with Crippen molar-refractivity contribution >= 4 is 23.5 Å². The maximum absolute atomic E-state index is 12.6. The highest BCUT2D eigenvalue weighted by molar-refractivity contribution is 6.14. The molecule has 3 aromatic rings. The van der Waals surface area contributed by atoms with Crippen LogP contribution < -0.4 is 19.4 Å². The minimum Gasteiger partial charge on any atom is -0.595 e. The number of quaternary nitrogens is 1. The summed E-state index contributed by atoms with van der Waals surface area (Å²) in [6.07, 6.45) is 1.47. The van der Waals surface area contributed by atoms with E-state index in [4.69, 9.17) is 19.4 Å². The lowest BCUT2D eigenvalue weighted by Gasteiger charge is -2.11. The van der Waals surface area contributed by atoms with E-state index in [9.17, 15) is 14.8 Å². The van der Waals surface area contributed by atoms with Crippen LogP contribution in [0, 0.1) is 5.21 Å². The summed E-state index contributed by atoms with van der Waals surface area (Å²) in [6.45, 7) is 0. The lowest BCUT2D eigenvalue weighted by molar-refractivity contribution is -0.991. The molecule has 0 radical (unpaired) electrons. The van der Waals surface area contributed by atoms with Gasteiger partial charge in [-0.2, -0.15) is 5.23 Å². The summed E-state index contributed by atoms with van der Waals surface area (Å²) in [4.78, 5) is 25.0. The van der Waals surface area contributed by atoms with Crippen molar-refractivity contribution in [3.05, 3.63) is 94.4 Å². The first-order chi connectivity index (χ1) is 14.9. The summed E-state index contributed by atoms with van der Waals surface area (Å²) in [6, 6.07) is 17.2. The Morgan fingerprint density at radius 2 is 1.87 bits per heavy atom. The molecule has 0 saturated heterocycles. The Balaban J connectivity index is 1.54. The van der Waals surface area contributed by atoms with E-state index >= 15 is 0 Å². The van der Waals surface area contributed by atoms with Gasteiger partial charge in [-0.05, 0) is 42.0 Å². The fraction of sp³-hybridized carbons (Fsp3) is 0.0435. The van der Waals surface area contributed by atoms with Gasteiger partial charge in [0.2, 0.25) is 5.78 Å². The van der Waals surface area contributed by atoms with Crippen LogP contribution in [0.4, 0.5) is 5.69 Å². The van der Waals surface area contributed by atoms with Gasteiger partial charge in [-0.15, -0.1) is 0 Å². The summed E-state index contributed by atoms with van der Waals surface area (Å²) in [5, 5.41) is 19.2. The third kappa shape index (κ3) is 4.31. The van der Waals surface area contributed by atoms with Crippen LogP contribution in [0.5, 0.6) is 17.2 Å². The van der Waals surface area contributed by atoms with Crippen LogP contribution in [0.25, 0.3) is 6.08 Å². The number of allylic oxidation sites excluding steroid dienone is 1. The zero-order valence-electron chi connectivity index (χ0n) is 16.3. The molecule has 1 unspecified atom stereocenters. The zero-order chi connectivity index (χ0) is 22.0. The van der Waals surface area contributed by atoms with Crippen molar-refractivity contribution in [2.75, 3.05) is 7.11 Å². The van der Waals surface area contributed by atoms with E-state index in [1.54, 1.807) is 36.4 Å². The summed E-state index contributed by atoms with van der Waals surface area (Å²) < 4.78 is 16.1. The van der Waals surface area contributed by atoms with E-state index in [1.165, 1.54) is 43.5 Å². The number of hydrogen-bond donors (Lipinski definition) is 2. The van der Waals surface area contributed by atoms with Gasteiger partial charge in [-0.3, -0.25) is 4.79 Å². The number of Topliss-reactive ketones (excluding diaryl/α,β-unsaturated/α-hetero) is 1. The number of benzene rings is 3. The highest BCUT2D eigenvalue weighted by atomic mass is 16.8. The first kappa shape index (κ1) is 20.3. The normalized spacial score (nSPS) is 14.7. The molecule has 0 aromatic heterocycles. The third-order valence-electron chi connectivity index (χ3n) is 4.59. The van der Waals surface area contributed by atoms with Crippen LogP contribution >= 0.6 is 0 Å². The molecular weight excluding hydrogens is 402 g/mol. The molecule has 1 atom stereocenters. The van der Waals surface area contributed by atoms with E-state index < -0.39 is 11.2 Å². The molecule has 4 rings (SSSR count). The first-order valence-corrected chi connectivity index (χ1v) is 9.22. The largest absolute Gasteiger partial charge is 0.595 e. The molecule has 1 aliphatic heterocycles. The van der Waals surface area contributed by atoms with Gasteiger partial charge in [0, 0.05) is 18.2 Å². The number of fused-ring (bicyclic) bond motifs is 1. The first-order valence-electron chi connectivity index (χ1n) is 9.22. The molecule has 2 N–H and O–H groups in total. The number of carbonyl (C=O) groups excluding carboxylic acids is 2. The number of esters is 1. The van der Waals surface area contributed by atoms with Crippen LogP contribution in [0.1, 0.15) is 26.3 Å². The Kier molecular flexibility index (Phi) is 5.50. The fourth-order valence-corrected chi connectivity index (χ4v) is 3.06. The van der Waals surface area contributed by atoms with Gasteiger partial charge in [0.05, 0.1) is 18.2 Å². The zero-order valence-corrected chi connectivity index (χ0v) is 16.3. The third-order valence-corrected chi connectivity index (χ3v) is 4.59. The maximum atomic E-state index is 12.6. The molecule has 0 spiro atoms. The lowest BCUT2D eigenvalue weighted by Crippen LogP contribution is -2.99. The van der Waals surface area contributed by atoms with Gasteiger partial charge in [0.25, 0.3) is 0 Å². The molecule has 8 nitrogen and oxygen atoms in total. The van der Waals surface area contributed by atoms with E-state index in [-0.39, 0.29) is 28.7 Å². The molecule has 31 heavy (non-hydrogen) atoms. The second-order valence-electron chi connectivity index (χ2n) is 6.65. The summed E-state index contributed by atoms with van der Waals surface area (Å²) in [5.74, 6) is 0.119. The van der Waals surface area contributed by atoms with Crippen molar-refractivity contribution < 1.29 is 34.2 Å². The van der Waals surface area contributed by atoms with E-state index in [0.717, 1.165) is 0 Å². The second-order valence-corrected chi connectivity index (χ2v) is 6.65. The van der Waals surface area contributed by atoms with Crippen LogP contribution in [-0.4, -0.2) is 24.1 Å². The maximum Gasteiger partial charge on any atom is 0.343 e. The number of hydrogen-bond acceptors (Lipinski definition) is 7. The number of rotatable bonds is 5. The predicted molar refractivity (Wildman–Crippen MR) is 110 cm³/mol. The molecule has 0 aliphatic carbocycles. The molecule has 3 aromatic carbocycles. The molecule has 1 aliphatic rings. The van der Waals surface area contributed by atoms with Crippen LogP contribution in [0.3, 0.4) is 0 Å². The van der Waals surface area contributed by atoms with Gasteiger partial charge in [0.15, 0.2) is 11.4 Å². The Hall–Kier alpha value is -3.98. The Bertz CT molecular complexity index is 1200. The van der Waals surface area contributed by atoms with Crippen LogP contribution in [-0.2, 0) is 0 Å². The predicted octanol–water partition coefficient (Wildman–Crippen LogP) is 2.93. The molecule has 0 amide bonds. The van der Waals surface area contributed by atoms with E-state index in [2.05, 4.69) is 0 Å². The monoisotopic (exact) mass is 419 g/mol. The van der Waals surface area contributed by atoms with E-state index in [1.807, 2.05) is 0 Å². The van der Waals surface area contributed by atoms with E-state index in [0.29, 0.717) is 22.4 Å². The van der Waals surface area contributed by atoms with Crippen molar-refractivity contribution in [3.8, 4) is 17.2 Å². The van der Waals surface area contributed by atoms with Gasteiger partial charge in [-0.25, -0.2) is 10.0 Å². The van der Waals surface area contributed by atoms with Crippen molar-refractivity contribution in [2.24, 2.45) is 0 Å². The van der Waals surface area contributed by atoms with Gasteiger partial charge < -0.3 is 19.4 Å². The number of ether oxygens (including phenoxy) is 3. The van der Waals surface area contributed by atoms with Gasteiger partial charge in [0.1, 0.15) is 17.2 Å².